The Labute approximate surface area is 173 Å². The lowest BCUT2D eigenvalue weighted by atomic mass is 10.0. The van der Waals surface area contributed by atoms with E-state index >= 15 is 0 Å². The summed E-state index contributed by atoms with van der Waals surface area (Å²) in [5, 5.41) is 2.97. The van der Waals surface area contributed by atoms with Crippen molar-refractivity contribution in [1.29, 1.82) is 0 Å². The predicted molar refractivity (Wildman–Crippen MR) is 117 cm³/mol. The van der Waals surface area contributed by atoms with E-state index in [0.29, 0.717) is 32.0 Å². The monoisotopic (exact) mass is 393 g/mol. The average molecular weight is 394 g/mol. The van der Waals surface area contributed by atoms with Crippen LogP contribution in [0, 0.1) is 6.92 Å². The molecular weight excluding hydrogens is 362 g/mol. The first-order valence-electron chi connectivity index (χ1n) is 10.4. The lowest BCUT2D eigenvalue weighted by Gasteiger charge is -2.34. The van der Waals surface area contributed by atoms with Gasteiger partial charge in [-0.1, -0.05) is 55.8 Å². The number of hydrogen-bond acceptors (Lipinski definition) is 3. The number of benzene rings is 2. The molecule has 154 valence electrons. The zero-order chi connectivity index (χ0) is 20.8. The number of carbonyl (C=O) groups is 2. The fourth-order valence-corrected chi connectivity index (χ4v) is 3.50. The Morgan fingerprint density at radius 2 is 1.55 bits per heavy atom. The third-order valence-electron chi connectivity index (χ3n) is 5.43. The van der Waals surface area contributed by atoms with Gasteiger partial charge in [0.05, 0.1) is 13.0 Å². The van der Waals surface area contributed by atoms with Crippen LogP contribution in [0.2, 0.25) is 0 Å². The molecule has 2 aromatic carbocycles. The zero-order valence-electron chi connectivity index (χ0n) is 17.6. The summed E-state index contributed by atoms with van der Waals surface area (Å²) in [5.74, 6) is 0.620. The van der Waals surface area contributed by atoms with Gasteiger partial charge >= 0.3 is 0 Å². The zero-order valence-corrected chi connectivity index (χ0v) is 17.6. The number of anilines is 1. The summed E-state index contributed by atoms with van der Waals surface area (Å²) in [5.41, 5.74) is 4.33. The molecule has 1 heterocycles. The van der Waals surface area contributed by atoms with Gasteiger partial charge in [0.25, 0.3) is 0 Å². The number of carbonyl (C=O) groups excluding carboxylic acids is 2. The van der Waals surface area contributed by atoms with Crippen molar-refractivity contribution in [2.75, 3.05) is 38.0 Å². The average Bonchev–Trinajstić information content (AvgIpc) is 2.70. The number of piperazine rings is 1. The fraction of sp³-hybridized carbons (Fsp3) is 0.417. The minimum Gasteiger partial charge on any atom is -0.340 e. The minimum absolute atomic E-state index is 0.0123. The SMILES string of the molecule is Cc1ccc(CC(=O)N2CCN(CC(=O)Nc3ccc(C(C)C)cc3)CC2)cc1. The van der Waals surface area contributed by atoms with Crippen molar-refractivity contribution in [3.05, 3.63) is 65.2 Å². The van der Waals surface area contributed by atoms with E-state index in [4.69, 9.17) is 0 Å². The molecule has 29 heavy (non-hydrogen) atoms. The highest BCUT2D eigenvalue weighted by molar-refractivity contribution is 5.92. The Morgan fingerprint density at radius 3 is 2.14 bits per heavy atom. The summed E-state index contributed by atoms with van der Waals surface area (Å²) < 4.78 is 0. The molecule has 0 aliphatic carbocycles. The second kappa shape index (κ2) is 9.70. The number of nitrogens with zero attached hydrogens (tertiary/aromatic N) is 2. The van der Waals surface area contributed by atoms with Crippen LogP contribution in [0.25, 0.3) is 0 Å². The summed E-state index contributed by atoms with van der Waals surface area (Å²) in [7, 11) is 0. The lowest BCUT2D eigenvalue weighted by Crippen LogP contribution is -2.50. The Hall–Kier alpha value is -2.66. The first kappa shape index (κ1) is 21.1. The van der Waals surface area contributed by atoms with Crippen molar-refractivity contribution in [2.45, 2.75) is 33.1 Å². The van der Waals surface area contributed by atoms with E-state index < -0.39 is 0 Å². The van der Waals surface area contributed by atoms with Crippen LogP contribution in [-0.2, 0) is 16.0 Å². The van der Waals surface area contributed by atoms with Crippen molar-refractivity contribution < 1.29 is 9.59 Å². The maximum Gasteiger partial charge on any atom is 0.238 e. The Kier molecular flexibility index (Phi) is 7.04. The second-order valence-electron chi connectivity index (χ2n) is 8.14. The molecule has 0 unspecified atom stereocenters. The lowest BCUT2D eigenvalue weighted by molar-refractivity contribution is -0.132. The molecule has 0 atom stereocenters. The number of aryl methyl sites for hydroxylation is 1. The van der Waals surface area contributed by atoms with Crippen LogP contribution in [-0.4, -0.2) is 54.3 Å². The molecule has 0 aromatic heterocycles. The van der Waals surface area contributed by atoms with Crippen LogP contribution >= 0.6 is 0 Å². The highest BCUT2D eigenvalue weighted by Gasteiger charge is 2.22. The first-order chi connectivity index (χ1) is 13.9. The molecule has 1 fully saturated rings. The summed E-state index contributed by atoms with van der Waals surface area (Å²) >= 11 is 0. The molecule has 1 aliphatic heterocycles. The van der Waals surface area contributed by atoms with Gasteiger partial charge in [-0.05, 0) is 36.1 Å². The van der Waals surface area contributed by atoms with Gasteiger partial charge in [0.15, 0.2) is 0 Å². The van der Waals surface area contributed by atoms with Crippen LogP contribution in [0.1, 0.15) is 36.5 Å². The van der Waals surface area contributed by atoms with Crippen LogP contribution in [0.3, 0.4) is 0 Å². The number of rotatable bonds is 6. The van der Waals surface area contributed by atoms with E-state index in [1.165, 1.54) is 11.1 Å². The first-order valence-corrected chi connectivity index (χ1v) is 10.4. The minimum atomic E-state index is -0.0123. The van der Waals surface area contributed by atoms with E-state index in [9.17, 15) is 9.59 Å². The predicted octanol–water partition coefficient (Wildman–Crippen LogP) is 3.44. The van der Waals surface area contributed by atoms with Crippen molar-refractivity contribution in [1.82, 2.24) is 9.80 Å². The van der Waals surface area contributed by atoms with Gasteiger partial charge in [-0.15, -0.1) is 0 Å². The summed E-state index contributed by atoms with van der Waals surface area (Å²) in [4.78, 5) is 28.9. The standard InChI is InChI=1S/C24H31N3O2/c1-18(2)21-8-10-22(11-9-21)25-23(28)17-26-12-14-27(15-13-26)24(29)16-20-6-4-19(3)5-7-20/h4-11,18H,12-17H2,1-3H3,(H,25,28). The van der Waals surface area contributed by atoms with Gasteiger partial charge in [-0.3, -0.25) is 14.5 Å². The van der Waals surface area contributed by atoms with E-state index in [-0.39, 0.29) is 11.8 Å². The molecule has 0 bridgehead atoms. The summed E-state index contributed by atoms with van der Waals surface area (Å²) in [6.45, 7) is 9.48. The summed E-state index contributed by atoms with van der Waals surface area (Å²) in [6, 6.07) is 16.1. The smallest absolute Gasteiger partial charge is 0.238 e. The maximum atomic E-state index is 12.5. The maximum absolute atomic E-state index is 12.5. The highest BCUT2D eigenvalue weighted by Crippen LogP contribution is 2.17. The van der Waals surface area contributed by atoms with E-state index in [1.54, 1.807) is 0 Å². The van der Waals surface area contributed by atoms with Gasteiger partial charge in [-0.25, -0.2) is 0 Å². The normalized spacial score (nSPS) is 14.8. The van der Waals surface area contributed by atoms with E-state index in [0.717, 1.165) is 24.3 Å². The second-order valence-corrected chi connectivity index (χ2v) is 8.14. The molecule has 5 nitrogen and oxygen atoms in total. The van der Waals surface area contributed by atoms with Gasteiger partial charge in [0.1, 0.15) is 0 Å². The van der Waals surface area contributed by atoms with E-state index in [1.807, 2.05) is 48.2 Å². The summed E-state index contributed by atoms with van der Waals surface area (Å²) in [6.07, 6.45) is 0.438. The quantitative estimate of drug-likeness (QED) is 0.818. The molecule has 3 rings (SSSR count). The fourth-order valence-electron chi connectivity index (χ4n) is 3.50. The van der Waals surface area contributed by atoms with E-state index in [2.05, 4.69) is 36.2 Å². The largest absolute Gasteiger partial charge is 0.340 e. The van der Waals surface area contributed by atoms with Crippen LogP contribution < -0.4 is 5.32 Å². The van der Waals surface area contributed by atoms with Gasteiger partial charge < -0.3 is 10.2 Å². The highest BCUT2D eigenvalue weighted by atomic mass is 16.2. The van der Waals surface area contributed by atoms with Crippen LogP contribution in [0.15, 0.2) is 48.5 Å². The molecule has 1 saturated heterocycles. The molecule has 2 amide bonds. The topological polar surface area (TPSA) is 52.7 Å². The molecule has 2 aromatic rings. The van der Waals surface area contributed by atoms with Gasteiger partial charge in [0, 0.05) is 31.9 Å². The third-order valence-corrected chi connectivity index (χ3v) is 5.43. The molecule has 1 N–H and O–H groups in total. The molecule has 0 saturated carbocycles. The van der Waals surface area contributed by atoms with Gasteiger partial charge in [0.2, 0.25) is 11.8 Å². The number of nitrogens with one attached hydrogen (secondary N) is 1. The van der Waals surface area contributed by atoms with Crippen molar-refractivity contribution in [3.63, 3.8) is 0 Å². The molecule has 0 spiro atoms. The number of amides is 2. The van der Waals surface area contributed by atoms with Crippen molar-refractivity contribution in [3.8, 4) is 0 Å². The van der Waals surface area contributed by atoms with Crippen LogP contribution in [0.4, 0.5) is 5.69 Å². The van der Waals surface area contributed by atoms with Crippen LogP contribution in [0.5, 0.6) is 0 Å². The Balaban J connectivity index is 1.42. The number of hydrogen-bond donors (Lipinski definition) is 1. The molecular formula is C24H31N3O2. The molecule has 5 heteroatoms. The van der Waals surface area contributed by atoms with Gasteiger partial charge in [-0.2, -0.15) is 0 Å². The Bertz CT molecular complexity index is 820. The van der Waals surface area contributed by atoms with Crippen molar-refractivity contribution in [2.24, 2.45) is 0 Å². The molecule has 1 aliphatic rings. The third kappa shape index (κ3) is 6.16. The molecule has 0 radical (unpaired) electrons. The van der Waals surface area contributed by atoms with Crippen molar-refractivity contribution >= 4 is 17.5 Å². The Morgan fingerprint density at radius 1 is 0.931 bits per heavy atom.